The number of pyridine rings is 1. The first kappa shape index (κ1) is 18.6. The second kappa shape index (κ2) is 8.01. The van der Waals surface area contributed by atoms with E-state index in [2.05, 4.69) is 9.98 Å². The molecule has 0 fully saturated rings. The van der Waals surface area contributed by atoms with Gasteiger partial charge in [0.15, 0.2) is 17.2 Å². The maximum absolute atomic E-state index is 12.1. The number of carbonyl (C=O) groups is 2. The number of aromatic nitrogens is 1. The van der Waals surface area contributed by atoms with Crippen molar-refractivity contribution in [3.63, 3.8) is 0 Å². The number of benzene rings is 1. The summed E-state index contributed by atoms with van der Waals surface area (Å²) in [6, 6.07) is 8.07. The minimum atomic E-state index is -0.603. The Labute approximate surface area is 160 Å². The molecule has 0 bridgehead atoms. The van der Waals surface area contributed by atoms with Crippen LogP contribution in [0.1, 0.15) is 25.1 Å². The van der Waals surface area contributed by atoms with Crippen molar-refractivity contribution in [1.29, 1.82) is 0 Å². The van der Waals surface area contributed by atoms with Crippen molar-refractivity contribution in [2.24, 2.45) is 4.99 Å². The first-order chi connectivity index (χ1) is 13.0. The van der Waals surface area contributed by atoms with Gasteiger partial charge in [-0.15, -0.1) is 0 Å². The van der Waals surface area contributed by atoms with Crippen LogP contribution in [0.15, 0.2) is 47.2 Å². The summed E-state index contributed by atoms with van der Waals surface area (Å²) in [6.07, 6.45) is 3.04. The van der Waals surface area contributed by atoms with Gasteiger partial charge in [0.05, 0.1) is 6.61 Å². The van der Waals surface area contributed by atoms with Crippen molar-refractivity contribution < 1.29 is 23.8 Å². The van der Waals surface area contributed by atoms with Crippen molar-refractivity contribution in [2.45, 2.75) is 13.8 Å². The number of hydrogen-bond donors (Lipinski definition) is 0. The minimum Gasteiger partial charge on any atom is -0.490 e. The van der Waals surface area contributed by atoms with Gasteiger partial charge in [0.25, 0.3) is 0 Å². The zero-order chi connectivity index (χ0) is 19.4. The van der Waals surface area contributed by atoms with Gasteiger partial charge < -0.3 is 14.2 Å². The number of rotatable bonds is 5. The van der Waals surface area contributed by atoms with E-state index in [9.17, 15) is 9.59 Å². The molecule has 0 radical (unpaired) electrons. The van der Waals surface area contributed by atoms with Crippen LogP contribution in [0, 0.1) is 0 Å². The van der Waals surface area contributed by atoms with Gasteiger partial charge in [-0.3, -0.25) is 9.78 Å². The Kier molecular flexibility index (Phi) is 5.52. The summed E-state index contributed by atoms with van der Waals surface area (Å²) in [5.74, 6) is -0.296. The molecule has 1 aliphatic heterocycles. The zero-order valence-corrected chi connectivity index (χ0v) is 15.3. The van der Waals surface area contributed by atoms with E-state index >= 15 is 0 Å². The number of cyclic esters (lactones) is 1. The van der Waals surface area contributed by atoms with Crippen LogP contribution in [0.5, 0.6) is 11.5 Å². The molecule has 3 rings (SSSR count). The average molecular weight is 387 g/mol. The molecule has 138 valence electrons. The van der Waals surface area contributed by atoms with Gasteiger partial charge in [-0.05, 0) is 42.8 Å². The van der Waals surface area contributed by atoms with Crippen LogP contribution in [0.4, 0.5) is 0 Å². The van der Waals surface area contributed by atoms with Gasteiger partial charge in [-0.25, -0.2) is 9.79 Å². The molecule has 1 aromatic carbocycles. The summed E-state index contributed by atoms with van der Waals surface area (Å²) in [4.78, 5) is 31.6. The maximum atomic E-state index is 12.1. The summed E-state index contributed by atoms with van der Waals surface area (Å²) in [7, 11) is 0. The van der Waals surface area contributed by atoms with E-state index < -0.39 is 11.9 Å². The van der Waals surface area contributed by atoms with Crippen LogP contribution >= 0.6 is 11.6 Å². The molecule has 0 N–H and O–H groups in total. The lowest BCUT2D eigenvalue weighted by atomic mass is 10.1. The molecule has 2 heterocycles. The van der Waals surface area contributed by atoms with Crippen molar-refractivity contribution in [3.05, 3.63) is 58.5 Å². The Morgan fingerprint density at radius 2 is 2.07 bits per heavy atom. The lowest BCUT2D eigenvalue weighted by molar-refractivity contribution is -0.132. The number of esters is 2. The van der Waals surface area contributed by atoms with E-state index in [1.807, 2.05) is 6.92 Å². The molecule has 8 heteroatoms. The topological polar surface area (TPSA) is 87.1 Å². The zero-order valence-electron chi connectivity index (χ0n) is 14.6. The number of aliphatic imine (C=N–C) groups is 1. The van der Waals surface area contributed by atoms with E-state index in [1.54, 1.807) is 36.4 Å². The predicted molar refractivity (Wildman–Crippen MR) is 98.8 cm³/mol. The van der Waals surface area contributed by atoms with E-state index in [-0.39, 0.29) is 11.6 Å². The van der Waals surface area contributed by atoms with Gasteiger partial charge >= 0.3 is 11.9 Å². The third-order valence-corrected chi connectivity index (χ3v) is 3.62. The summed E-state index contributed by atoms with van der Waals surface area (Å²) in [5, 5.41) is 0.457. The van der Waals surface area contributed by atoms with Crippen LogP contribution in [0.3, 0.4) is 0 Å². The Morgan fingerprint density at radius 3 is 2.78 bits per heavy atom. The summed E-state index contributed by atoms with van der Waals surface area (Å²) >= 11 is 5.92. The molecule has 7 nitrogen and oxygen atoms in total. The largest absolute Gasteiger partial charge is 0.490 e. The summed E-state index contributed by atoms with van der Waals surface area (Å²) in [5.41, 5.74) is 1.10. The lowest BCUT2D eigenvalue weighted by Crippen LogP contribution is -2.07. The molecule has 0 spiro atoms. The van der Waals surface area contributed by atoms with Gasteiger partial charge in [-0.1, -0.05) is 17.7 Å². The van der Waals surface area contributed by atoms with E-state index in [0.29, 0.717) is 34.4 Å². The highest BCUT2D eigenvalue weighted by molar-refractivity contribution is 6.31. The fourth-order valence-electron chi connectivity index (χ4n) is 2.32. The molecule has 0 saturated heterocycles. The molecule has 0 atom stereocenters. The highest BCUT2D eigenvalue weighted by Crippen LogP contribution is 2.30. The average Bonchev–Trinajstić information content (AvgIpc) is 2.98. The third-order valence-electron chi connectivity index (χ3n) is 3.39. The number of halogens is 1. The standard InChI is InChI=1S/C19H15ClN2O5/c1-3-25-17-9-12(4-5-16(17)26-11(2)23)8-15-19(24)27-18(22-15)14-10-13(20)6-7-21-14/h4-10H,3H2,1-2H3/b15-8-. The SMILES string of the molecule is CCOc1cc(/C=C2\N=C(c3cc(Cl)ccn3)OC2=O)ccc1OC(C)=O. The molecular weight excluding hydrogens is 372 g/mol. The molecule has 0 amide bonds. The second-order valence-corrected chi connectivity index (χ2v) is 5.86. The Balaban J connectivity index is 1.92. The monoisotopic (exact) mass is 386 g/mol. The van der Waals surface area contributed by atoms with Gasteiger partial charge in [0, 0.05) is 18.1 Å². The van der Waals surface area contributed by atoms with Crippen molar-refractivity contribution in [1.82, 2.24) is 4.98 Å². The predicted octanol–water partition coefficient (Wildman–Crippen LogP) is 3.40. The molecule has 27 heavy (non-hydrogen) atoms. The Bertz CT molecular complexity index is 968. The van der Waals surface area contributed by atoms with Gasteiger partial charge in [0.1, 0.15) is 5.69 Å². The third kappa shape index (κ3) is 4.51. The second-order valence-electron chi connectivity index (χ2n) is 5.43. The van der Waals surface area contributed by atoms with Crippen molar-refractivity contribution in [2.75, 3.05) is 6.61 Å². The molecule has 1 aliphatic rings. The van der Waals surface area contributed by atoms with E-state index in [1.165, 1.54) is 13.1 Å². The number of nitrogens with zero attached hydrogens (tertiary/aromatic N) is 2. The normalized spacial score (nSPS) is 14.7. The van der Waals surface area contributed by atoms with Crippen LogP contribution in [0.2, 0.25) is 5.02 Å². The van der Waals surface area contributed by atoms with Crippen LogP contribution in [-0.2, 0) is 14.3 Å². The highest BCUT2D eigenvalue weighted by Gasteiger charge is 2.25. The van der Waals surface area contributed by atoms with E-state index in [0.717, 1.165) is 0 Å². The minimum absolute atomic E-state index is 0.0790. The molecule has 1 aromatic heterocycles. The molecule has 0 saturated carbocycles. The van der Waals surface area contributed by atoms with Crippen LogP contribution < -0.4 is 9.47 Å². The van der Waals surface area contributed by atoms with Crippen molar-refractivity contribution >= 4 is 35.5 Å². The molecular formula is C19H15ClN2O5. The van der Waals surface area contributed by atoms with Crippen LogP contribution in [0.25, 0.3) is 6.08 Å². The first-order valence-electron chi connectivity index (χ1n) is 8.06. The lowest BCUT2D eigenvalue weighted by Gasteiger charge is -2.10. The first-order valence-corrected chi connectivity index (χ1v) is 8.44. The maximum Gasteiger partial charge on any atom is 0.363 e. The highest BCUT2D eigenvalue weighted by atomic mass is 35.5. The Hall–Kier alpha value is -3.19. The fraction of sp³-hybridized carbons (Fsp3) is 0.158. The van der Waals surface area contributed by atoms with Crippen LogP contribution in [-0.4, -0.2) is 29.4 Å². The van der Waals surface area contributed by atoms with Gasteiger partial charge in [-0.2, -0.15) is 0 Å². The molecule has 0 aliphatic carbocycles. The smallest absolute Gasteiger partial charge is 0.363 e. The number of hydrogen-bond acceptors (Lipinski definition) is 7. The summed E-state index contributed by atoms with van der Waals surface area (Å²) < 4.78 is 15.8. The molecule has 2 aromatic rings. The number of ether oxygens (including phenoxy) is 3. The Morgan fingerprint density at radius 1 is 1.26 bits per heavy atom. The van der Waals surface area contributed by atoms with Crippen molar-refractivity contribution in [3.8, 4) is 11.5 Å². The fourth-order valence-corrected chi connectivity index (χ4v) is 2.48. The summed E-state index contributed by atoms with van der Waals surface area (Å²) in [6.45, 7) is 3.50. The van der Waals surface area contributed by atoms with Gasteiger partial charge in [0.2, 0.25) is 5.90 Å². The quantitative estimate of drug-likeness (QED) is 0.444. The van der Waals surface area contributed by atoms with E-state index in [4.69, 9.17) is 25.8 Å². The number of carbonyl (C=O) groups excluding carboxylic acids is 2. The molecule has 0 unspecified atom stereocenters.